The highest BCUT2D eigenvalue weighted by atomic mass is 15.1. The second-order valence-corrected chi connectivity index (χ2v) is 4.93. The van der Waals surface area contributed by atoms with E-state index in [0.717, 1.165) is 42.2 Å². The molecule has 0 aliphatic carbocycles. The van der Waals surface area contributed by atoms with Gasteiger partial charge in [-0.25, -0.2) is 9.97 Å². The summed E-state index contributed by atoms with van der Waals surface area (Å²) in [6, 6.07) is 8.34. The summed E-state index contributed by atoms with van der Waals surface area (Å²) in [5.74, 6) is 2.15. The molecule has 0 aliphatic heterocycles. The van der Waals surface area contributed by atoms with Crippen LogP contribution in [-0.4, -0.2) is 9.97 Å². The van der Waals surface area contributed by atoms with Gasteiger partial charge >= 0.3 is 0 Å². The summed E-state index contributed by atoms with van der Waals surface area (Å²) in [5.41, 5.74) is 9.20. The van der Waals surface area contributed by atoms with Crippen molar-refractivity contribution >= 4 is 17.3 Å². The van der Waals surface area contributed by atoms with Crippen LogP contribution in [0.5, 0.6) is 0 Å². The Labute approximate surface area is 120 Å². The van der Waals surface area contributed by atoms with Crippen LogP contribution in [0.1, 0.15) is 37.2 Å². The summed E-state index contributed by atoms with van der Waals surface area (Å²) < 4.78 is 0. The van der Waals surface area contributed by atoms with Crippen molar-refractivity contribution in [1.82, 2.24) is 9.97 Å². The Morgan fingerprint density at radius 3 is 2.70 bits per heavy atom. The maximum Gasteiger partial charge on any atom is 0.139 e. The summed E-state index contributed by atoms with van der Waals surface area (Å²) in [5, 5.41) is 3.36. The molecule has 0 bridgehead atoms. The molecule has 0 unspecified atom stereocenters. The molecule has 0 atom stereocenters. The van der Waals surface area contributed by atoms with E-state index in [-0.39, 0.29) is 0 Å². The van der Waals surface area contributed by atoms with Gasteiger partial charge in [0.05, 0.1) is 0 Å². The summed E-state index contributed by atoms with van der Waals surface area (Å²) in [7, 11) is 0. The monoisotopic (exact) mass is 270 g/mol. The summed E-state index contributed by atoms with van der Waals surface area (Å²) in [4.78, 5) is 8.90. The first-order chi connectivity index (χ1) is 9.63. The van der Waals surface area contributed by atoms with Crippen molar-refractivity contribution < 1.29 is 0 Å². The highest BCUT2D eigenvalue weighted by Gasteiger charge is 2.08. The molecule has 1 aromatic carbocycles. The molecule has 0 aliphatic rings. The minimum atomic E-state index is 0.553. The largest absolute Gasteiger partial charge is 0.383 e. The van der Waals surface area contributed by atoms with E-state index in [1.54, 1.807) is 0 Å². The van der Waals surface area contributed by atoms with Crippen molar-refractivity contribution in [3.05, 3.63) is 41.2 Å². The molecule has 0 spiro atoms. The molecule has 0 saturated carbocycles. The molecular formula is C16H22N4. The van der Waals surface area contributed by atoms with Gasteiger partial charge in [0.1, 0.15) is 17.5 Å². The first-order valence-electron chi connectivity index (χ1n) is 7.13. The predicted octanol–water partition coefficient (Wildman–Crippen LogP) is 3.63. The van der Waals surface area contributed by atoms with Crippen LogP contribution in [0.2, 0.25) is 0 Å². The molecule has 3 N–H and O–H groups in total. The number of nitrogens with two attached hydrogens (primary N) is 1. The zero-order valence-corrected chi connectivity index (χ0v) is 12.4. The number of nitrogens with one attached hydrogen (secondary N) is 1. The number of aryl methyl sites for hydroxylation is 2. The number of hydrogen-bond donors (Lipinski definition) is 2. The quantitative estimate of drug-likeness (QED) is 0.871. The topological polar surface area (TPSA) is 63.8 Å². The maximum absolute atomic E-state index is 5.97. The van der Waals surface area contributed by atoms with E-state index in [1.807, 2.05) is 19.1 Å². The SMILES string of the molecule is CCCc1nc(N)c(C)c(Nc2cccc(CC)c2)n1. The molecule has 4 nitrogen and oxygen atoms in total. The van der Waals surface area contributed by atoms with Gasteiger partial charge in [-0.15, -0.1) is 0 Å². The minimum Gasteiger partial charge on any atom is -0.383 e. The van der Waals surface area contributed by atoms with Crippen LogP contribution in [0.25, 0.3) is 0 Å². The molecule has 1 aromatic heterocycles. The lowest BCUT2D eigenvalue weighted by Gasteiger charge is -2.12. The third-order valence-corrected chi connectivity index (χ3v) is 3.30. The maximum atomic E-state index is 5.97. The molecule has 0 saturated heterocycles. The van der Waals surface area contributed by atoms with Gasteiger partial charge in [0, 0.05) is 17.7 Å². The highest BCUT2D eigenvalue weighted by Crippen LogP contribution is 2.23. The molecule has 106 valence electrons. The average Bonchev–Trinajstić information content (AvgIpc) is 2.45. The standard InChI is InChI=1S/C16H22N4/c1-4-7-14-19-15(17)11(3)16(20-14)18-13-9-6-8-12(5-2)10-13/h6,8-10H,4-5,7H2,1-3H3,(H3,17,18,19,20). The second-order valence-electron chi connectivity index (χ2n) is 4.93. The second kappa shape index (κ2) is 6.37. The average molecular weight is 270 g/mol. The lowest BCUT2D eigenvalue weighted by Crippen LogP contribution is -2.07. The van der Waals surface area contributed by atoms with Crippen LogP contribution < -0.4 is 11.1 Å². The van der Waals surface area contributed by atoms with E-state index >= 15 is 0 Å². The van der Waals surface area contributed by atoms with Crippen LogP contribution in [0.15, 0.2) is 24.3 Å². The van der Waals surface area contributed by atoms with Crippen molar-refractivity contribution in [2.45, 2.75) is 40.0 Å². The lowest BCUT2D eigenvalue weighted by molar-refractivity contribution is 0.836. The minimum absolute atomic E-state index is 0.553. The van der Waals surface area contributed by atoms with Crippen LogP contribution in [0.4, 0.5) is 17.3 Å². The van der Waals surface area contributed by atoms with Crippen LogP contribution in [0.3, 0.4) is 0 Å². The molecule has 0 fully saturated rings. The number of nitrogens with zero attached hydrogens (tertiary/aromatic N) is 2. The van der Waals surface area contributed by atoms with Crippen LogP contribution in [-0.2, 0) is 12.8 Å². The number of hydrogen-bond acceptors (Lipinski definition) is 4. The first-order valence-corrected chi connectivity index (χ1v) is 7.13. The number of benzene rings is 1. The van der Waals surface area contributed by atoms with Crippen LogP contribution >= 0.6 is 0 Å². The lowest BCUT2D eigenvalue weighted by atomic mass is 10.1. The fourth-order valence-corrected chi connectivity index (χ4v) is 2.04. The molecule has 20 heavy (non-hydrogen) atoms. The molecule has 0 amide bonds. The van der Waals surface area contributed by atoms with Crippen molar-refractivity contribution in [3.63, 3.8) is 0 Å². The molecular weight excluding hydrogens is 248 g/mol. The van der Waals surface area contributed by atoms with Gasteiger partial charge in [-0.2, -0.15) is 0 Å². The van der Waals surface area contributed by atoms with E-state index in [2.05, 4.69) is 41.3 Å². The number of anilines is 3. The predicted molar refractivity (Wildman–Crippen MR) is 84.3 cm³/mol. The summed E-state index contributed by atoms with van der Waals surface area (Å²) in [6.45, 7) is 6.20. The molecule has 4 heteroatoms. The van der Waals surface area contributed by atoms with Crippen molar-refractivity contribution in [1.29, 1.82) is 0 Å². The van der Waals surface area contributed by atoms with E-state index in [9.17, 15) is 0 Å². The van der Waals surface area contributed by atoms with Gasteiger partial charge in [0.2, 0.25) is 0 Å². The molecule has 1 heterocycles. The zero-order valence-electron chi connectivity index (χ0n) is 12.4. The fourth-order valence-electron chi connectivity index (χ4n) is 2.04. The van der Waals surface area contributed by atoms with Crippen molar-refractivity contribution in [3.8, 4) is 0 Å². The highest BCUT2D eigenvalue weighted by molar-refractivity contribution is 5.64. The smallest absolute Gasteiger partial charge is 0.139 e. The third-order valence-electron chi connectivity index (χ3n) is 3.30. The molecule has 2 aromatic rings. The van der Waals surface area contributed by atoms with Gasteiger partial charge in [0.25, 0.3) is 0 Å². The van der Waals surface area contributed by atoms with Gasteiger partial charge in [-0.3, -0.25) is 0 Å². The van der Waals surface area contributed by atoms with Gasteiger partial charge in [0.15, 0.2) is 0 Å². The van der Waals surface area contributed by atoms with Crippen molar-refractivity contribution in [2.24, 2.45) is 0 Å². The Kier molecular flexibility index (Phi) is 4.56. The Bertz CT molecular complexity index is 593. The summed E-state index contributed by atoms with van der Waals surface area (Å²) >= 11 is 0. The third kappa shape index (κ3) is 3.26. The Morgan fingerprint density at radius 2 is 2.00 bits per heavy atom. The van der Waals surface area contributed by atoms with Crippen molar-refractivity contribution in [2.75, 3.05) is 11.1 Å². The fraction of sp³-hybridized carbons (Fsp3) is 0.375. The summed E-state index contributed by atoms with van der Waals surface area (Å²) in [6.07, 6.45) is 2.86. The van der Waals surface area contributed by atoms with Gasteiger partial charge < -0.3 is 11.1 Å². The van der Waals surface area contributed by atoms with E-state index in [0.29, 0.717) is 5.82 Å². The Balaban J connectivity index is 2.31. The number of nitrogen functional groups attached to an aromatic ring is 1. The molecule has 2 rings (SSSR count). The first kappa shape index (κ1) is 14.3. The number of rotatable bonds is 5. The van der Waals surface area contributed by atoms with E-state index < -0.39 is 0 Å². The zero-order chi connectivity index (χ0) is 14.5. The number of aromatic nitrogens is 2. The van der Waals surface area contributed by atoms with E-state index in [1.165, 1.54) is 5.56 Å². The van der Waals surface area contributed by atoms with Gasteiger partial charge in [-0.1, -0.05) is 26.0 Å². The normalized spacial score (nSPS) is 10.6. The Morgan fingerprint density at radius 1 is 1.20 bits per heavy atom. The molecule has 0 radical (unpaired) electrons. The Hall–Kier alpha value is -2.10. The van der Waals surface area contributed by atoms with Gasteiger partial charge in [-0.05, 0) is 37.5 Å². The van der Waals surface area contributed by atoms with Crippen LogP contribution in [0, 0.1) is 6.92 Å². The van der Waals surface area contributed by atoms with E-state index in [4.69, 9.17) is 5.73 Å².